The van der Waals surface area contributed by atoms with E-state index in [0.717, 1.165) is 29.7 Å². The quantitative estimate of drug-likeness (QED) is 0.421. The zero-order valence-corrected chi connectivity index (χ0v) is 19.2. The number of unbranched alkanes of at least 4 members (excludes halogenated alkanes) is 1. The molecule has 174 valence electrons. The molecule has 0 bridgehead atoms. The van der Waals surface area contributed by atoms with E-state index in [4.69, 9.17) is 18.7 Å². The van der Waals surface area contributed by atoms with Gasteiger partial charge in [-0.05, 0) is 42.8 Å². The molecule has 1 aliphatic heterocycles. The van der Waals surface area contributed by atoms with E-state index >= 15 is 0 Å². The number of rotatable bonds is 10. The molecule has 1 aromatic heterocycles. The summed E-state index contributed by atoms with van der Waals surface area (Å²) in [5.41, 5.74) is 1.76. The number of methoxy groups -OCH3 is 2. The highest BCUT2D eigenvalue weighted by atomic mass is 16.5. The third kappa shape index (κ3) is 5.27. The number of ether oxygens (including phenoxy) is 3. The van der Waals surface area contributed by atoms with Crippen LogP contribution in [-0.2, 0) is 11.3 Å². The minimum absolute atomic E-state index is 0.0474. The lowest BCUT2D eigenvalue weighted by Crippen LogP contribution is -2.24. The Labute approximate surface area is 193 Å². The molecular formula is C25H29N3O5. The normalized spacial score (nSPS) is 15.7. The van der Waals surface area contributed by atoms with Crippen molar-refractivity contribution in [2.24, 2.45) is 0 Å². The Bertz CT molecular complexity index is 1080. The Hall–Kier alpha value is -3.55. The van der Waals surface area contributed by atoms with Crippen molar-refractivity contribution in [1.82, 2.24) is 15.0 Å². The van der Waals surface area contributed by atoms with Crippen molar-refractivity contribution in [3.05, 3.63) is 53.9 Å². The number of aromatic nitrogens is 2. The first kappa shape index (κ1) is 22.6. The number of hydrogen-bond acceptors (Lipinski definition) is 7. The standard InChI is InChI=1S/C25H29N3O5/c1-4-5-12-32-20-9-6-17(7-10-20)24-26-25(33-27-24)19-13-23(29)28(16-19)15-18-8-11-21(30-2)14-22(18)31-3/h6-11,14,19H,4-5,12-13,15-16H2,1-3H3. The predicted molar refractivity (Wildman–Crippen MR) is 122 cm³/mol. The molecule has 1 saturated heterocycles. The van der Waals surface area contributed by atoms with Crippen molar-refractivity contribution < 1.29 is 23.5 Å². The van der Waals surface area contributed by atoms with E-state index in [1.54, 1.807) is 19.1 Å². The molecule has 3 aromatic rings. The zero-order chi connectivity index (χ0) is 23.2. The molecule has 4 rings (SSSR count). The Kier molecular flexibility index (Phi) is 7.12. The second-order valence-electron chi connectivity index (χ2n) is 8.04. The molecule has 0 aliphatic carbocycles. The van der Waals surface area contributed by atoms with Gasteiger partial charge in [-0.3, -0.25) is 4.79 Å². The maximum atomic E-state index is 12.7. The lowest BCUT2D eigenvalue weighted by atomic mass is 10.1. The van der Waals surface area contributed by atoms with Crippen molar-refractivity contribution in [1.29, 1.82) is 0 Å². The van der Waals surface area contributed by atoms with Gasteiger partial charge in [-0.1, -0.05) is 18.5 Å². The molecule has 8 nitrogen and oxygen atoms in total. The molecular weight excluding hydrogens is 422 g/mol. The van der Waals surface area contributed by atoms with Gasteiger partial charge in [0.15, 0.2) is 0 Å². The van der Waals surface area contributed by atoms with Crippen molar-refractivity contribution in [3.8, 4) is 28.6 Å². The fraction of sp³-hybridized carbons (Fsp3) is 0.400. The van der Waals surface area contributed by atoms with Gasteiger partial charge in [0.25, 0.3) is 0 Å². The number of hydrogen-bond donors (Lipinski definition) is 0. The first-order chi connectivity index (χ1) is 16.1. The van der Waals surface area contributed by atoms with Crippen LogP contribution >= 0.6 is 0 Å². The molecule has 8 heteroatoms. The molecule has 0 spiro atoms. The van der Waals surface area contributed by atoms with Gasteiger partial charge >= 0.3 is 0 Å². The highest BCUT2D eigenvalue weighted by Crippen LogP contribution is 2.32. The molecule has 0 saturated carbocycles. The average molecular weight is 452 g/mol. The topological polar surface area (TPSA) is 86.9 Å². The van der Waals surface area contributed by atoms with E-state index in [1.807, 2.05) is 42.5 Å². The van der Waals surface area contributed by atoms with Crippen molar-refractivity contribution in [3.63, 3.8) is 0 Å². The maximum absolute atomic E-state index is 12.7. The molecule has 33 heavy (non-hydrogen) atoms. The van der Waals surface area contributed by atoms with E-state index in [9.17, 15) is 4.79 Å². The van der Waals surface area contributed by atoms with Crippen LogP contribution in [0.5, 0.6) is 17.2 Å². The van der Waals surface area contributed by atoms with Crippen LogP contribution in [0.3, 0.4) is 0 Å². The van der Waals surface area contributed by atoms with Crippen molar-refractivity contribution in [2.45, 2.75) is 38.6 Å². The Morgan fingerprint density at radius 1 is 1.09 bits per heavy atom. The third-order valence-corrected chi connectivity index (χ3v) is 5.74. The molecule has 1 aliphatic rings. The fourth-order valence-corrected chi connectivity index (χ4v) is 3.83. The number of carbonyl (C=O) groups excluding carboxylic acids is 1. The smallest absolute Gasteiger partial charge is 0.232 e. The minimum atomic E-state index is -0.139. The van der Waals surface area contributed by atoms with Crippen LogP contribution < -0.4 is 14.2 Å². The van der Waals surface area contributed by atoms with Crippen molar-refractivity contribution in [2.75, 3.05) is 27.4 Å². The van der Waals surface area contributed by atoms with E-state index in [-0.39, 0.29) is 11.8 Å². The fourth-order valence-electron chi connectivity index (χ4n) is 3.83. The van der Waals surface area contributed by atoms with Gasteiger partial charge in [-0.25, -0.2) is 0 Å². The summed E-state index contributed by atoms with van der Waals surface area (Å²) < 4.78 is 21.9. The SMILES string of the molecule is CCCCOc1ccc(-c2noc(C3CC(=O)N(Cc4ccc(OC)cc4OC)C3)n2)cc1. The van der Waals surface area contributed by atoms with Crippen LogP contribution in [0.4, 0.5) is 0 Å². The largest absolute Gasteiger partial charge is 0.497 e. The first-order valence-corrected chi connectivity index (χ1v) is 11.2. The summed E-state index contributed by atoms with van der Waals surface area (Å²) in [5.74, 6) is 3.11. The van der Waals surface area contributed by atoms with Gasteiger partial charge in [0.05, 0.1) is 26.7 Å². The monoisotopic (exact) mass is 451 g/mol. The number of carbonyl (C=O) groups is 1. The highest BCUT2D eigenvalue weighted by Gasteiger charge is 2.34. The Morgan fingerprint density at radius 2 is 1.88 bits per heavy atom. The molecule has 0 N–H and O–H groups in total. The molecule has 1 fully saturated rings. The summed E-state index contributed by atoms with van der Waals surface area (Å²) in [4.78, 5) is 19.0. The minimum Gasteiger partial charge on any atom is -0.497 e. The van der Waals surface area contributed by atoms with Crippen LogP contribution in [0, 0.1) is 0 Å². The van der Waals surface area contributed by atoms with Gasteiger partial charge in [0.2, 0.25) is 17.6 Å². The molecule has 1 unspecified atom stereocenters. The lowest BCUT2D eigenvalue weighted by Gasteiger charge is -2.18. The van der Waals surface area contributed by atoms with Gasteiger partial charge < -0.3 is 23.6 Å². The van der Waals surface area contributed by atoms with Crippen LogP contribution in [0.1, 0.15) is 43.6 Å². The maximum Gasteiger partial charge on any atom is 0.232 e. The summed E-state index contributed by atoms with van der Waals surface area (Å²) in [6, 6.07) is 13.2. The number of likely N-dealkylation sites (tertiary alicyclic amines) is 1. The van der Waals surface area contributed by atoms with Crippen LogP contribution in [0.15, 0.2) is 47.0 Å². The second-order valence-corrected chi connectivity index (χ2v) is 8.04. The van der Waals surface area contributed by atoms with Crippen LogP contribution in [-0.4, -0.2) is 48.3 Å². The Morgan fingerprint density at radius 3 is 2.61 bits per heavy atom. The molecule has 2 heterocycles. The molecule has 1 atom stereocenters. The second kappa shape index (κ2) is 10.4. The summed E-state index contributed by atoms with van der Waals surface area (Å²) >= 11 is 0. The third-order valence-electron chi connectivity index (χ3n) is 5.74. The van der Waals surface area contributed by atoms with Crippen molar-refractivity contribution >= 4 is 5.91 Å². The lowest BCUT2D eigenvalue weighted by molar-refractivity contribution is -0.128. The number of benzene rings is 2. The first-order valence-electron chi connectivity index (χ1n) is 11.2. The Balaban J connectivity index is 1.41. The summed E-state index contributed by atoms with van der Waals surface area (Å²) in [6.45, 7) is 3.80. The summed E-state index contributed by atoms with van der Waals surface area (Å²) in [7, 11) is 3.22. The average Bonchev–Trinajstić information content (AvgIpc) is 3.47. The van der Waals surface area contributed by atoms with E-state index < -0.39 is 0 Å². The van der Waals surface area contributed by atoms with E-state index in [1.165, 1.54) is 0 Å². The van der Waals surface area contributed by atoms with Gasteiger partial charge in [-0.2, -0.15) is 4.98 Å². The van der Waals surface area contributed by atoms with Crippen LogP contribution in [0.25, 0.3) is 11.4 Å². The van der Waals surface area contributed by atoms with E-state index in [2.05, 4.69) is 17.1 Å². The van der Waals surface area contributed by atoms with E-state index in [0.29, 0.717) is 49.3 Å². The molecule has 0 radical (unpaired) electrons. The van der Waals surface area contributed by atoms with Gasteiger partial charge in [0.1, 0.15) is 17.2 Å². The highest BCUT2D eigenvalue weighted by molar-refractivity contribution is 5.79. The number of nitrogens with zero attached hydrogens (tertiary/aromatic N) is 3. The predicted octanol–water partition coefficient (Wildman–Crippen LogP) is 4.45. The molecule has 2 aromatic carbocycles. The van der Waals surface area contributed by atoms with Gasteiger partial charge in [0, 0.05) is 36.7 Å². The molecule has 1 amide bonds. The summed E-state index contributed by atoms with van der Waals surface area (Å²) in [6.07, 6.45) is 2.46. The van der Waals surface area contributed by atoms with Gasteiger partial charge in [-0.15, -0.1) is 0 Å². The number of amides is 1. The van der Waals surface area contributed by atoms with Crippen LogP contribution in [0.2, 0.25) is 0 Å². The summed E-state index contributed by atoms with van der Waals surface area (Å²) in [5, 5.41) is 4.13. The zero-order valence-electron chi connectivity index (χ0n) is 19.2.